The fraction of sp³-hybridized carbons (Fsp3) is 0.250. The normalized spacial score (nSPS) is 12.3. The molecule has 1 unspecified atom stereocenters. The van der Waals surface area contributed by atoms with E-state index in [1.807, 2.05) is 38.4 Å². The number of ether oxygens (including phenoxy) is 1. The van der Waals surface area contributed by atoms with Crippen molar-refractivity contribution in [3.63, 3.8) is 0 Å². The van der Waals surface area contributed by atoms with Crippen molar-refractivity contribution in [2.75, 3.05) is 7.11 Å². The van der Waals surface area contributed by atoms with Crippen LogP contribution in [0.1, 0.15) is 36.4 Å². The van der Waals surface area contributed by atoms with Gasteiger partial charge in [-0.05, 0) is 47.9 Å². The molecule has 0 saturated heterocycles. The van der Waals surface area contributed by atoms with E-state index in [0.29, 0.717) is 33.9 Å². The van der Waals surface area contributed by atoms with Crippen molar-refractivity contribution in [1.82, 2.24) is 24.5 Å². The van der Waals surface area contributed by atoms with Gasteiger partial charge in [0.1, 0.15) is 10.8 Å². The van der Waals surface area contributed by atoms with Crippen molar-refractivity contribution in [2.45, 2.75) is 32.2 Å². The summed E-state index contributed by atoms with van der Waals surface area (Å²) >= 11 is 7.03. The minimum absolute atomic E-state index is 0.125. The number of hydrogen-bond acceptors (Lipinski definition) is 7. The van der Waals surface area contributed by atoms with E-state index in [0.717, 1.165) is 27.8 Å². The second-order valence-corrected chi connectivity index (χ2v) is 10.6. The maximum absolute atomic E-state index is 13.4. The average molecular weight is 584 g/mol. The summed E-state index contributed by atoms with van der Waals surface area (Å²) in [5.41, 5.74) is 2.56. The molecule has 1 atom stereocenters. The molecule has 5 aromatic rings. The zero-order valence-corrected chi connectivity index (χ0v) is 23.3. The molecular formula is C28H24ClF2N5O3S. The summed E-state index contributed by atoms with van der Waals surface area (Å²) in [5, 5.41) is 13.0. The van der Waals surface area contributed by atoms with Crippen molar-refractivity contribution in [3.05, 3.63) is 80.8 Å². The number of methoxy groups -OCH3 is 1. The highest BCUT2D eigenvalue weighted by Gasteiger charge is 2.24. The van der Waals surface area contributed by atoms with E-state index >= 15 is 0 Å². The molecule has 0 aliphatic carbocycles. The largest absolute Gasteiger partial charge is 0.495 e. The molecule has 0 bridgehead atoms. The Kier molecular flexibility index (Phi) is 7.77. The highest BCUT2D eigenvalue weighted by molar-refractivity contribution is 7.14. The molecule has 12 heteroatoms. The molecule has 3 aromatic heterocycles. The number of hydrogen-bond donors (Lipinski definition) is 0. The number of ketones is 1. The number of aryl methyl sites for hydroxylation is 1. The number of Topliss-reactive ketones (excluding diaryl/α,β-unsaturated/α-hetero) is 1. The zero-order valence-electron chi connectivity index (χ0n) is 21.8. The Bertz CT molecular complexity index is 1780. The van der Waals surface area contributed by atoms with Gasteiger partial charge in [0.05, 0.1) is 24.9 Å². The Morgan fingerprint density at radius 2 is 1.88 bits per heavy atom. The molecule has 0 aliphatic rings. The summed E-state index contributed by atoms with van der Waals surface area (Å²) in [5.74, 6) is 0.184. The molecule has 0 aliphatic heterocycles. The molecule has 0 spiro atoms. The van der Waals surface area contributed by atoms with E-state index in [4.69, 9.17) is 16.3 Å². The summed E-state index contributed by atoms with van der Waals surface area (Å²) in [6.07, 6.45) is 1.16. The smallest absolute Gasteiger partial charge is 0.291 e. The second-order valence-electron chi connectivity index (χ2n) is 9.20. The molecule has 2 aromatic carbocycles. The quantitative estimate of drug-likeness (QED) is 0.203. The maximum Gasteiger partial charge on any atom is 0.291 e. The number of halogens is 3. The van der Waals surface area contributed by atoms with E-state index in [1.54, 1.807) is 22.9 Å². The van der Waals surface area contributed by atoms with Crippen LogP contribution in [0, 0.1) is 0 Å². The number of alkyl halides is 2. The van der Waals surface area contributed by atoms with Gasteiger partial charge in [0.2, 0.25) is 0 Å². The molecule has 40 heavy (non-hydrogen) atoms. The van der Waals surface area contributed by atoms with Gasteiger partial charge in [0.15, 0.2) is 10.8 Å². The third-order valence-electron chi connectivity index (χ3n) is 6.55. The molecule has 0 N–H and O–H groups in total. The SMILES string of the molecule is CCC(C(=O)Cc1ccc2nn(C)cc2c1)n1cc(OC)c(-c2cc(Cl)ccc2-c2nnc(C(F)F)s2)cc1=O. The van der Waals surface area contributed by atoms with Crippen LogP contribution in [0.4, 0.5) is 8.78 Å². The molecular weight excluding hydrogens is 560 g/mol. The number of aromatic nitrogens is 5. The number of fused-ring (bicyclic) bond motifs is 1. The Morgan fingerprint density at radius 3 is 2.58 bits per heavy atom. The first-order valence-electron chi connectivity index (χ1n) is 12.4. The number of carbonyl (C=O) groups is 1. The van der Waals surface area contributed by atoms with Crippen LogP contribution >= 0.6 is 22.9 Å². The molecule has 206 valence electrons. The third kappa shape index (κ3) is 5.39. The highest BCUT2D eigenvalue weighted by Crippen LogP contribution is 2.40. The fourth-order valence-electron chi connectivity index (χ4n) is 4.71. The van der Waals surface area contributed by atoms with Gasteiger partial charge in [-0.25, -0.2) is 8.78 Å². The molecule has 5 rings (SSSR count). The van der Waals surface area contributed by atoms with E-state index in [-0.39, 0.29) is 17.2 Å². The van der Waals surface area contributed by atoms with Crippen LogP contribution in [-0.4, -0.2) is 37.4 Å². The van der Waals surface area contributed by atoms with Crippen LogP contribution in [0.2, 0.25) is 5.02 Å². The maximum atomic E-state index is 13.4. The van der Waals surface area contributed by atoms with E-state index in [9.17, 15) is 18.4 Å². The molecule has 3 heterocycles. The van der Waals surface area contributed by atoms with Gasteiger partial charge in [0.25, 0.3) is 12.0 Å². The fourth-order valence-corrected chi connectivity index (χ4v) is 5.62. The minimum atomic E-state index is -2.75. The summed E-state index contributed by atoms with van der Waals surface area (Å²) in [4.78, 5) is 26.8. The molecule has 0 saturated carbocycles. The van der Waals surface area contributed by atoms with E-state index in [1.165, 1.54) is 23.9 Å². The zero-order chi connectivity index (χ0) is 28.6. The lowest BCUT2D eigenvalue weighted by molar-refractivity contribution is -0.121. The summed E-state index contributed by atoms with van der Waals surface area (Å²) < 4.78 is 35.1. The van der Waals surface area contributed by atoms with E-state index < -0.39 is 23.0 Å². The van der Waals surface area contributed by atoms with Crippen molar-refractivity contribution in [2.24, 2.45) is 7.05 Å². The summed E-state index contributed by atoms with van der Waals surface area (Å²) in [7, 11) is 3.28. The topological polar surface area (TPSA) is 91.9 Å². The van der Waals surface area contributed by atoms with Crippen molar-refractivity contribution >= 4 is 39.6 Å². The Labute approximate surface area is 236 Å². The molecule has 0 amide bonds. The van der Waals surface area contributed by atoms with Crippen LogP contribution in [0.5, 0.6) is 5.75 Å². The van der Waals surface area contributed by atoms with E-state index in [2.05, 4.69) is 15.3 Å². The first-order chi connectivity index (χ1) is 19.2. The van der Waals surface area contributed by atoms with Crippen LogP contribution in [0.25, 0.3) is 32.6 Å². The monoisotopic (exact) mass is 583 g/mol. The Balaban J connectivity index is 1.52. The predicted molar refractivity (Wildman–Crippen MR) is 150 cm³/mol. The second kappa shape index (κ2) is 11.3. The number of rotatable bonds is 9. The number of pyridine rings is 1. The van der Waals surface area contributed by atoms with Crippen molar-refractivity contribution in [3.8, 4) is 27.4 Å². The average Bonchev–Trinajstić information content (AvgIpc) is 3.56. The molecule has 0 fully saturated rings. The summed E-state index contributed by atoms with van der Waals surface area (Å²) in [6, 6.07) is 11.1. The molecule has 0 radical (unpaired) electrons. The lowest BCUT2D eigenvalue weighted by Crippen LogP contribution is -2.30. The van der Waals surface area contributed by atoms with Crippen molar-refractivity contribution < 1.29 is 18.3 Å². The lowest BCUT2D eigenvalue weighted by Gasteiger charge is -2.20. The third-order valence-corrected chi connectivity index (χ3v) is 7.75. The van der Waals surface area contributed by atoms with Crippen LogP contribution in [0.3, 0.4) is 0 Å². The minimum Gasteiger partial charge on any atom is -0.495 e. The van der Waals surface area contributed by atoms with Crippen LogP contribution in [0.15, 0.2) is 59.7 Å². The number of carbonyl (C=O) groups excluding carboxylic acids is 1. The molecule has 8 nitrogen and oxygen atoms in total. The van der Waals surface area contributed by atoms with Gasteiger partial charge in [-0.3, -0.25) is 14.3 Å². The standard InChI is InChI=1S/C28H24ClF2N5O3S/c1-4-22(23(37)10-15-5-8-21-16(9-15)13-35(2)34-21)36-14-24(39-3)20(12-25(36)38)19-11-17(29)6-7-18(19)27-32-33-28(40-27)26(30)31/h5-9,11-14,22,26H,4,10H2,1-3H3. The van der Waals surface area contributed by atoms with Gasteiger partial charge >= 0.3 is 0 Å². The van der Waals surface area contributed by atoms with Crippen LogP contribution in [-0.2, 0) is 18.3 Å². The van der Waals surface area contributed by atoms with Crippen LogP contribution < -0.4 is 10.3 Å². The van der Waals surface area contributed by atoms with Gasteiger partial charge in [0, 0.05) is 47.3 Å². The Morgan fingerprint density at radius 1 is 1.07 bits per heavy atom. The first-order valence-corrected chi connectivity index (χ1v) is 13.5. The Hall–Kier alpha value is -3.96. The first kappa shape index (κ1) is 27.6. The highest BCUT2D eigenvalue weighted by atomic mass is 35.5. The van der Waals surface area contributed by atoms with Gasteiger partial charge in [-0.1, -0.05) is 35.9 Å². The number of benzene rings is 2. The predicted octanol–water partition coefficient (Wildman–Crippen LogP) is 6.28. The van der Waals surface area contributed by atoms with Gasteiger partial charge in [-0.2, -0.15) is 5.10 Å². The van der Waals surface area contributed by atoms with Gasteiger partial charge < -0.3 is 9.30 Å². The number of nitrogens with zero attached hydrogens (tertiary/aromatic N) is 5. The lowest BCUT2D eigenvalue weighted by atomic mass is 9.98. The van der Waals surface area contributed by atoms with Crippen molar-refractivity contribution in [1.29, 1.82) is 0 Å². The summed E-state index contributed by atoms with van der Waals surface area (Å²) in [6.45, 7) is 1.84. The van der Waals surface area contributed by atoms with Gasteiger partial charge in [-0.15, -0.1) is 10.2 Å².